The average molecular weight is 420 g/mol. The van der Waals surface area contributed by atoms with Crippen LogP contribution in [0.3, 0.4) is 0 Å². The summed E-state index contributed by atoms with van der Waals surface area (Å²) in [7, 11) is -9.82. The van der Waals surface area contributed by atoms with Gasteiger partial charge in [-0.15, -0.1) is 0 Å². The Balaban J connectivity index is 2.59. The highest BCUT2D eigenvalue weighted by atomic mass is 32.5. The molecule has 0 aliphatic rings. The highest BCUT2D eigenvalue weighted by Gasteiger charge is 2.65. The fourth-order valence-electron chi connectivity index (χ4n) is 1.66. The highest BCUT2D eigenvalue weighted by Crippen LogP contribution is 3.02. The molecule has 0 aromatic heterocycles. The van der Waals surface area contributed by atoms with Crippen LogP contribution >= 0.6 is 10.2 Å². The van der Waals surface area contributed by atoms with Crippen molar-refractivity contribution in [1.82, 2.24) is 0 Å². The zero-order valence-corrected chi connectivity index (χ0v) is 15.7. The molecule has 0 spiro atoms. The number of carbonyl (C=O) groups excluding carboxylic acids is 2. The minimum Gasteiger partial charge on any atom is -0.462 e. The molecule has 0 fully saturated rings. The molecule has 156 valence electrons. The standard InChI is InChI=1S/C16H21F5O5S/c1-4-16(2,3)15(24)26-10-12(22)9-25-14(23)11-5-7-13(8-6-11)27(17,18,19,20)21/h5-8,12,22H,4,9-10H2,1-3H3. The summed E-state index contributed by atoms with van der Waals surface area (Å²) in [5.74, 6) is -1.68. The Morgan fingerprint density at radius 2 is 1.52 bits per heavy atom. The summed E-state index contributed by atoms with van der Waals surface area (Å²) in [6, 6.07) is 1.27. The van der Waals surface area contributed by atoms with Crippen molar-refractivity contribution in [3.05, 3.63) is 29.8 Å². The lowest BCUT2D eigenvalue weighted by Crippen LogP contribution is -2.31. The van der Waals surface area contributed by atoms with E-state index in [1.165, 1.54) is 0 Å². The van der Waals surface area contributed by atoms with Crippen molar-refractivity contribution in [1.29, 1.82) is 0 Å². The summed E-state index contributed by atoms with van der Waals surface area (Å²) in [4.78, 5) is 21.3. The topological polar surface area (TPSA) is 72.8 Å². The molecule has 1 unspecified atom stereocenters. The summed E-state index contributed by atoms with van der Waals surface area (Å²) in [5.41, 5.74) is -1.15. The highest BCUT2D eigenvalue weighted by molar-refractivity contribution is 8.45. The van der Waals surface area contributed by atoms with E-state index in [0.29, 0.717) is 18.6 Å². The van der Waals surface area contributed by atoms with Gasteiger partial charge in [-0.2, -0.15) is 0 Å². The zero-order valence-electron chi connectivity index (χ0n) is 14.9. The van der Waals surface area contributed by atoms with Gasteiger partial charge in [-0.3, -0.25) is 4.79 Å². The number of rotatable bonds is 8. The normalized spacial score (nSPS) is 16.0. The van der Waals surface area contributed by atoms with Crippen molar-refractivity contribution in [2.75, 3.05) is 13.2 Å². The first-order valence-corrected chi connectivity index (χ1v) is 9.78. The first-order valence-electron chi connectivity index (χ1n) is 7.83. The van der Waals surface area contributed by atoms with Crippen LogP contribution in [0.1, 0.15) is 37.6 Å². The van der Waals surface area contributed by atoms with Gasteiger partial charge in [0.25, 0.3) is 0 Å². The molecular weight excluding hydrogens is 399 g/mol. The third kappa shape index (κ3) is 6.98. The Bertz CT molecular complexity index is 700. The lowest BCUT2D eigenvalue weighted by molar-refractivity contribution is -0.157. The first kappa shape index (κ1) is 23.2. The van der Waals surface area contributed by atoms with Gasteiger partial charge in [0.1, 0.15) is 24.2 Å². The van der Waals surface area contributed by atoms with Gasteiger partial charge in [0, 0.05) is 0 Å². The second-order valence-corrected chi connectivity index (χ2v) is 8.99. The van der Waals surface area contributed by atoms with Crippen molar-refractivity contribution in [3.8, 4) is 0 Å². The average Bonchev–Trinajstić information content (AvgIpc) is 2.55. The van der Waals surface area contributed by atoms with Crippen LogP contribution in [-0.4, -0.2) is 36.4 Å². The van der Waals surface area contributed by atoms with Crippen LogP contribution in [0.5, 0.6) is 0 Å². The number of ether oxygens (including phenoxy) is 2. The monoisotopic (exact) mass is 420 g/mol. The van der Waals surface area contributed by atoms with Gasteiger partial charge in [0.15, 0.2) is 0 Å². The van der Waals surface area contributed by atoms with Crippen LogP contribution in [0, 0.1) is 5.41 Å². The number of hydrogen-bond acceptors (Lipinski definition) is 5. The van der Waals surface area contributed by atoms with Crippen LogP contribution in [0.4, 0.5) is 19.4 Å². The lowest BCUT2D eigenvalue weighted by Gasteiger charge is -2.40. The van der Waals surface area contributed by atoms with Crippen LogP contribution < -0.4 is 0 Å². The van der Waals surface area contributed by atoms with Gasteiger partial charge < -0.3 is 14.6 Å². The molecule has 1 atom stereocenters. The van der Waals surface area contributed by atoms with Crippen molar-refractivity contribution in [2.45, 2.75) is 38.2 Å². The Labute approximate surface area is 153 Å². The molecule has 11 heteroatoms. The van der Waals surface area contributed by atoms with E-state index in [0.717, 1.165) is 0 Å². The fraction of sp³-hybridized carbons (Fsp3) is 0.500. The molecule has 1 N–H and O–H groups in total. The number of carbonyl (C=O) groups is 2. The predicted octanol–water partition coefficient (Wildman–Crippen LogP) is 4.84. The van der Waals surface area contributed by atoms with Gasteiger partial charge in [-0.1, -0.05) is 26.4 Å². The Hall–Kier alpha value is -1.88. The molecule has 5 nitrogen and oxygen atoms in total. The van der Waals surface area contributed by atoms with E-state index in [2.05, 4.69) is 4.74 Å². The van der Waals surface area contributed by atoms with Crippen molar-refractivity contribution < 1.29 is 43.6 Å². The van der Waals surface area contributed by atoms with E-state index in [1.54, 1.807) is 20.8 Å². The first-order chi connectivity index (χ1) is 12.0. The van der Waals surface area contributed by atoms with Crippen molar-refractivity contribution in [2.24, 2.45) is 5.41 Å². The largest absolute Gasteiger partial charge is 0.462 e. The second-order valence-electron chi connectivity index (χ2n) is 6.58. The third-order valence-electron chi connectivity index (χ3n) is 3.79. The second kappa shape index (κ2) is 6.93. The van der Waals surface area contributed by atoms with Crippen LogP contribution in [0.2, 0.25) is 0 Å². The number of benzene rings is 1. The number of aliphatic hydroxyl groups excluding tert-OH is 1. The summed E-state index contributed by atoms with van der Waals surface area (Å²) in [6.07, 6.45) is -0.846. The molecule has 0 amide bonds. The van der Waals surface area contributed by atoms with Crippen LogP contribution in [-0.2, 0) is 14.3 Å². The SMILES string of the molecule is CCC(C)(C)C(=O)OCC(O)COC(=O)c1ccc(S(F)(F)(F)(F)F)cc1. The maximum Gasteiger partial charge on any atom is 0.338 e. The number of esters is 2. The van der Waals surface area contributed by atoms with Crippen molar-refractivity contribution >= 4 is 22.2 Å². The molecule has 1 aromatic rings. The maximum absolute atomic E-state index is 12.6. The Morgan fingerprint density at radius 3 is 1.96 bits per heavy atom. The minimum atomic E-state index is -9.82. The smallest absolute Gasteiger partial charge is 0.338 e. The number of hydrogen-bond donors (Lipinski definition) is 1. The van der Waals surface area contributed by atoms with Gasteiger partial charge in [0.2, 0.25) is 0 Å². The third-order valence-corrected chi connectivity index (χ3v) is 4.95. The molecule has 0 bridgehead atoms. The quantitative estimate of drug-likeness (QED) is 0.481. The lowest BCUT2D eigenvalue weighted by atomic mass is 9.91. The molecule has 0 aliphatic heterocycles. The van der Waals surface area contributed by atoms with Crippen LogP contribution in [0.25, 0.3) is 0 Å². The minimum absolute atomic E-state index is 0.0865. The van der Waals surface area contributed by atoms with E-state index in [4.69, 9.17) is 4.74 Å². The fourth-order valence-corrected chi connectivity index (χ4v) is 2.31. The molecule has 0 aliphatic carbocycles. The van der Waals surface area contributed by atoms with E-state index >= 15 is 0 Å². The number of aliphatic hydroxyl groups is 1. The van der Waals surface area contributed by atoms with E-state index in [9.17, 15) is 34.1 Å². The zero-order chi connectivity index (χ0) is 21.2. The van der Waals surface area contributed by atoms with Gasteiger partial charge in [-0.05, 0) is 44.5 Å². The number of halogens is 5. The van der Waals surface area contributed by atoms with Crippen molar-refractivity contribution in [3.63, 3.8) is 0 Å². The Kier molecular flexibility index (Phi) is 5.95. The summed E-state index contributed by atoms with van der Waals surface area (Å²) in [6.45, 7) is 4.04. The molecule has 1 rings (SSSR count). The summed E-state index contributed by atoms with van der Waals surface area (Å²) in [5, 5.41) is 9.65. The molecule has 0 radical (unpaired) electrons. The molecule has 0 saturated carbocycles. The van der Waals surface area contributed by atoms with E-state index in [1.807, 2.05) is 0 Å². The van der Waals surface area contributed by atoms with E-state index in [-0.39, 0.29) is 12.1 Å². The molecular formula is C16H21F5O5S. The van der Waals surface area contributed by atoms with Gasteiger partial charge in [-0.25, -0.2) is 4.79 Å². The van der Waals surface area contributed by atoms with Gasteiger partial charge >= 0.3 is 22.2 Å². The maximum atomic E-state index is 12.6. The Morgan fingerprint density at radius 1 is 1.04 bits per heavy atom. The predicted molar refractivity (Wildman–Crippen MR) is 89.2 cm³/mol. The molecule has 0 saturated heterocycles. The summed E-state index contributed by atoms with van der Waals surface area (Å²) < 4.78 is 72.6. The summed E-state index contributed by atoms with van der Waals surface area (Å²) >= 11 is 0. The van der Waals surface area contributed by atoms with E-state index < -0.39 is 57.4 Å². The molecule has 1 aromatic carbocycles. The molecule has 0 heterocycles. The van der Waals surface area contributed by atoms with Crippen LogP contribution in [0.15, 0.2) is 29.2 Å². The molecule has 27 heavy (non-hydrogen) atoms. The van der Waals surface area contributed by atoms with Gasteiger partial charge in [0.05, 0.1) is 11.0 Å².